The van der Waals surface area contributed by atoms with Gasteiger partial charge in [0.1, 0.15) is 30.0 Å². The molecular weight excluding hydrogens is 592 g/mol. The zero-order chi connectivity index (χ0) is 31.7. The maximum atomic E-state index is 12.6. The van der Waals surface area contributed by atoms with Crippen molar-refractivity contribution in [3.63, 3.8) is 0 Å². The van der Waals surface area contributed by atoms with Crippen molar-refractivity contribution in [2.75, 3.05) is 6.61 Å². The molecule has 0 aliphatic carbocycles. The van der Waals surface area contributed by atoms with Gasteiger partial charge in [0, 0.05) is 27.7 Å². The van der Waals surface area contributed by atoms with E-state index in [2.05, 4.69) is 0 Å². The Labute approximate surface area is 247 Å². The minimum atomic E-state index is -4.04. The van der Waals surface area contributed by atoms with E-state index in [4.69, 9.17) is 37.7 Å². The van der Waals surface area contributed by atoms with Crippen molar-refractivity contribution in [3.05, 3.63) is 59.7 Å². The predicted molar refractivity (Wildman–Crippen MR) is 145 cm³/mol. The molecule has 1 aliphatic heterocycles. The lowest BCUT2D eigenvalue weighted by Crippen LogP contribution is -2.63. The van der Waals surface area contributed by atoms with Crippen LogP contribution in [-0.2, 0) is 65.3 Å². The van der Waals surface area contributed by atoms with Gasteiger partial charge >= 0.3 is 34.0 Å². The molecule has 2 aromatic rings. The van der Waals surface area contributed by atoms with E-state index in [9.17, 15) is 27.6 Å². The fourth-order valence-electron chi connectivity index (χ4n) is 4.11. The van der Waals surface area contributed by atoms with E-state index in [1.807, 2.05) is 0 Å². The van der Waals surface area contributed by atoms with Crippen molar-refractivity contribution in [3.8, 4) is 11.5 Å². The van der Waals surface area contributed by atoms with Crippen LogP contribution in [0.2, 0.25) is 0 Å². The van der Waals surface area contributed by atoms with Crippen molar-refractivity contribution in [2.45, 2.75) is 70.8 Å². The summed E-state index contributed by atoms with van der Waals surface area (Å²) in [6.07, 6.45) is -6.80. The molecule has 1 fully saturated rings. The van der Waals surface area contributed by atoms with Crippen molar-refractivity contribution in [2.24, 2.45) is 0 Å². The topological polar surface area (TPSA) is 187 Å². The second kappa shape index (κ2) is 14.8. The zero-order valence-corrected chi connectivity index (χ0v) is 24.6. The number of carbonyl (C=O) groups excluding carboxylic acids is 4. The molecule has 0 radical (unpaired) electrons. The molecule has 0 aromatic heterocycles. The number of aliphatic hydroxyl groups is 1. The molecule has 234 valence electrons. The maximum absolute atomic E-state index is 12.6. The molecule has 0 saturated carbocycles. The average Bonchev–Trinajstić information content (AvgIpc) is 2.91. The Bertz CT molecular complexity index is 1390. The van der Waals surface area contributed by atoms with Gasteiger partial charge in [0.25, 0.3) is 0 Å². The molecule has 2 aromatic carbocycles. The summed E-state index contributed by atoms with van der Waals surface area (Å²) in [4.78, 5) is 47.3. The van der Waals surface area contributed by atoms with Crippen LogP contribution in [0.3, 0.4) is 0 Å². The van der Waals surface area contributed by atoms with Crippen molar-refractivity contribution in [1.29, 1.82) is 0 Å². The maximum Gasteiger partial charge on any atom is 0.313 e. The lowest BCUT2D eigenvalue weighted by atomic mass is 9.98. The normalized spacial score (nSPS) is 21.7. The highest BCUT2D eigenvalue weighted by molar-refractivity contribution is 7.86. The summed E-state index contributed by atoms with van der Waals surface area (Å²) < 4.78 is 63.1. The summed E-state index contributed by atoms with van der Waals surface area (Å²) in [6, 6.07) is 11.7. The quantitative estimate of drug-likeness (QED) is 0.203. The molecule has 0 spiro atoms. The van der Waals surface area contributed by atoms with Gasteiger partial charge in [-0.15, -0.1) is 0 Å². The fraction of sp³-hybridized carbons (Fsp3) is 0.429. The number of benzene rings is 2. The third-order valence-corrected chi connectivity index (χ3v) is 6.93. The molecule has 0 amide bonds. The minimum absolute atomic E-state index is 0.0841. The molecule has 1 saturated heterocycles. The number of rotatable bonds is 12. The Balaban J connectivity index is 1.82. The molecule has 1 heterocycles. The van der Waals surface area contributed by atoms with Gasteiger partial charge in [-0.1, -0.05) is 24.3 Å². The van der Waals surface area contributed by atoms with Crippen molar-refractivity contribution >= 4 is 34.0 Å². The lowest BCUT2D eigenvalue weighted by molar-refractivity contribution is -0.288. The molecular formula is C28H32O14S. The number of carbonyl (C=O) groups is 4. The summed E-state index contributed by atoms with van der Waals surface area (Å²) in [5, 5.41) is 9.13. The third kappa shape index (κ3) is 10.2. The molecule has 0 bridgehead atoms. The molecule has 5 atom stereocenters. The molecule has 0 unspecified atom stereocenters. The second-order valence-corrected chi connectivity index (χ2v) is 11.0. The van der Waals surface area contributed by atoms with Crippen LogP contribution in [0.5, 0.6) is 11.5 Å². The first-order chi connectivity index (χ1) is 20.3. The first-order valence-corrected chi connectivity index (χ1v) is 14.5. The van der Waals surface area contributed by atoms with E-state index in [1.54, 1.807) is 0 Å². The van der Waals surface area contributed by atoms with Gasteiger partial charge in [0.05, 0.1) is 6.61 Å². The van der Waals surface area contributed by atoms with Crippen LogP contribution in [0.15, 0.2) is 48.5 Å². The van der Waals surface area contributed by atoms with Crippen LogP contribution >= 0.6 is 0 Å². The zero-order valence-electron chi connectivity index (χ0n) is 23.8. The van der Waals surface area contributed by atoms with Crippen LogP contribution < -0.4 is 8.92 Å². The SMILES string of the molecule is CC(=O)OC[C@H]1O[C@@H](Oc2ccc(CS(=O)(=O)Oc3ccc(CO)cc3)cc2)[C@H](OC(C)=O)[C@@H](OC(C)=O)[C@H]1OC(C)=O. The third-order valence-electron chi connectivity index (χ3n) is 5.80. The Morgan fingerprint density at radius 3 is 1.77 bits per heavy atom. The standard InChI is InChI=1S/C28H32O14S/c1-16(30)36-14-24-25(37-17(2)31)26(38-18(3)32)27(39-19(4)33)28(41-24)40-22-9-7-21(8-10-22)15-43(34,35)42-23-11-5-20(13-29)6-12-23/h5-12,24-29H,13-15H2,1-4H3/t24-,25+,26+,27-,28-/m1/s1. The number of hydrogen-bond acceptors (Lipinski definition) is 14. The van der Waals surface area contributed by atoms with Gasteiger partial charge in [0.2, 0.25) is 12.4 Å². The van der Waals surface area contributed by atoms with E-state index < -0.39 is 77.1 Å². The lowest BCUT2D eigenvalue weighted by Gasteiger charge is -2.43. The van der Waals surface area contributed by atoms with Crippen LogP contribution in [0, 0.1) is 0 Å². The van der Waals surface area contributed by atoms with Crippen molar-refractivity contribution < 1.29 is 65.3 Å². The smallest absolute Gasteiger partial charge is 0.313 e. The molecule has 3 rings (SSSR count). The Hall–Kier alpha value is -4.21. The minimum Gasteiger partial charge on any atom is -0.463 e. The first-order valence-electron chi connectivity index (χ1n) is 12.9. The Morgan fingerprint density at radius 1 is 0.721 bits per heavy atom. The number of esters is 4. The summed E-state index contributed by atoms with van der Waals surface area (Å²) in [5.41, 5.74) is 0.942. The van der Waals surface area contributed by atoms with Crippen molar-refractivity contribution in [1.82, 2.24) is 0 Å². The van der Waals surface area contributed by atoms with E-state index in [0.29, 0.717) is 11.1 Å². The molecule has 14 nitrogen and oxygen atoms in total. The van der Waals surface area contributed by atoms with Gasteiger partial charge < -0.3 is 37.7 Å². The van der Waals surface area contributed by atoms with Gasteiger partial charge in [-0.2, -0.15) is 8.42 Å². The summed E-state index contributed by atoms with van der Waals surface area (Å²) in [6.45, 7) is 3.85. The van der Waals surface area contributed by atoms with Crippen LogP contribution in [0.4, 0.5) is 0 Å². The van der Waals surface area contributed by atoms with Crippen LogP contribution in [-0.4, -0.2) is 74.7 Å². The van der Waals surface area contributed by atoms with E-state index >= 15 is 0 Å². The highest BCUT2D eigenvalue weighted by Gasteiger charge is 2.53. The van der Waals surface area contributed by atoms with Gasteiger partial charge in [-0.05, 0) is 35.4 Å². The van der Waals surface area contributed by atoms with Crippen LogP contribution in [0.1, 0.15) is 38.8 Å². The molecule has 43 heavy (non-hydrogen) atoms. The summed E-state index contributed by atoms with van der Waals surface area (Å²) >= 11 is 0. The van der Waals surface area contributed by atoms with Gasteiger partial charge in [0.15, 0.2) is 12.2 Å². The molecule has 1 aliphatic rings. The highest BCUT2D eigenvalue weighted by Crippen LogP contribution is 2.31. The summed E-state index contributed by atoms with van der Waals surface area (Å²) in [5.74, 6) is -3.26. The number of ether oxygens (including phenoxy) is 6. The van der Waals surface area contributed by atoms with Crippen LogP contribution in [0.25, 0.3) is 0 Å². The first kappa shape index (κ1) is 33.3. The fourth-order valence-corrected chi connectivity index (χ4v) is 5.18. The van der Waals surface area contributed by atoms with Gasteiger partial charge in [-0.3, -0.25) is 19.2 Å². The largest absolute Gasteiger partial charge is 0.463 e. The highest BCUT2D eigenvalue weighted by atomic mass is 32.2. The van der Waals surface area contributed by atoms with E-state index in [0.717, 1.165) is 27.7 Å². The second-order valence-electron chi connectivity index (χ2n) is 9.42. The Morgan fingerprint density at radius 2 is 1.23 bits per heavy atom. The number of aliphatic hydroxyl groups excluding tert-OH is 1. The number of hydrogen-bond donors (Lipinski definition) is 1. The van der Waals surface area contributed by atoms with E-state index in [1.165, 1.54) is 48.5 Å². The molecule has 15 heteroatoms. The van der Waals surface area contributed by atoms with Gasteiger partial charge in [-0.25, -0.2) is 0 Å². The summed E-state index contributed by atoms with van der Waals surface area (Å²) in [7, 11) is -4.04. The predicted octanol–water partition coefficient (Wildman–Crippen LogP) is 1.55. The Kier molecular flexibility index (Phi) is 11.5. The van der Waals surface area contributed by atoms with E-state index in [-0.39, 0.29) is 18.1 Å². The monoisotopic (exact) mass is 624 g/mol. The average molecular weight is 625 g/mol. The molecule has 1 N–H and O–H groups in total.